The molecule has 4 aromatic rings. The summed E-state index contributed by atoms with van der Waals surface area (Å²) in [6, 6.07) is 24.8. The number of amides is 1. The fourth-order valence-corrected chi connectivity index (χ4v) is 4.00. The van der Waals surface area contributed by atoms with Crippen molar-refractivity contribution in [1.29, 1.82) is 0 Å². The molecule has 0 unspecified atom stereocenters. The summed E-state index contributed by atoms with van der Waals surface area (Å²) >= 11 is 5.40. The van der Waals surface area contributed by atoms with Gasteiger partial charge >= 0.3 is 0 Å². The number of thiocarbonyl (C=S) groups is 1. The summed E-state index contributed by atoms with van der Waals surface area (Å²) in [6.07, 6.45) is 3.44. The molecule has 1 aromatic heterocycles. The van der Waals surface area contributed by atoms with Crippen molar-refractivity contribution in [1.82, 2.24) is 15.1 Å². The minimum Gasteiger partial charge on any atom is -0.327 e. The van der Waals surface area contributed by atoms with Crippen molar-refractivity contribution in [2.24, 2.45) is 0 Å². The van der Waals surface area contributed by atoms with Crippen LogP contribution in [-0.2, 0) is 4.79 Å². The Hall–Kier alpha value is -4.63. The summed E-state index contributed by atoms with van der Waals surface area (Å²) in [6.45, 7) is 0. The highest BCUT2D eigenvalue weighted by molar-refractivity contribution is 7.80. The van der Waals surface area contributed by atoms with E-state index in [1.54, 1.807) is 41.2 Å². The monoisotopic (exact) mass is 467 g/mol. The molecule has 1 saturated heterocycles. The van der Waals surface area contributed by atoms with Crippen LogP contribution in [0.4, 0.5) is 11.4 Å². The van der Waals surface area contributed by atoms with Gasteiger partial charge in [0, 0.05) is 29.5 Å². The molecule has 0 radical (unpaired) electrons. The number of non-ortho nitro benzene ring substituents is 1. The summed E-state index contributed by atoms with van der Waals surface area (Å²) in [7, 11) is 0. The van der Waals surface area contributed by atoms with E-state index in [4.69, 9.17) is 12.2 Å². The molecule has 1 N–H and O–H groups in total. The predicted molar refractivity (Wildman–Crippen MR) is 133 cm³/mol. The van der Waals surface area contributed by atoms with Crippen LogP contribution >= 0.6 is 12.2 Å². The van der Waals surface area contributed by atoms with E-state index in [1.165, 1.54) is 17.0 Å². The number of carbonyl (C=O) groups excluding carboxylic acids is 1. The smallest absolute Gasteiger partial charge is 0.281 e. The van der Waals surface area contributed by atoms with Gasteiger partial charge < -0.3 is 5.32 Å². The zero-order valence-corrected chi connectivity index (χ0v) is 18.5. The lowest BCUT2D eigenvalue weighted by molar-refractivity contribution is -0.384. The van der Waals surface area contributed by atoms with E-state index in [9.17, 15) is 14.9 Å². The van der Waals surface area contributed by atoms with Gasteiger partial charge in [-0.15, -0.1) is 0 Å². The average molecular weight is 468 g/mol. The van der Waals surface area contributed by atoms with Gasteiger partial charge in [0.1, 0.15) is 11.4 Å². The molecule has 1 fully saturated rings. The highest BCUT2D eigenvalue weighted by Crippen LogP contribution is 2.30. The number of nitrogens with one attached hydrogen (secondary N) is 1. The van der Waals surface area contributed by atoms with Crippen molar-refractivity contribution in [2.75, 3.05) is 4.90 Å². The summed E-state index contributed by atoms with van der Waals surface area (Å²) in [5.74, 6) is -0.298. The number of rotatable bonds is 5. The van der Waals surface area contributed by atoms with Crippen LogP contribution < -0.4 is 10.2 Å². The van der Waals surface area contributed by atoms with Gasteiger partial charge in [0.25, 0.3) is 11.6 Å². The summed E-state index contributed by atoms with van der Waals surface area (Å²) in [4.78, 5) is 25.5. The molecule has 1 aliphatic heterocycles. The number of anilines is 1. The molecule has 5 rings (SSSR count). The van der Waals surface area contributed by atoms with E-state index in [2.05, 4.69) is 10.4 Å². The van der Waals surface area contributed by atoms with E-state index in [0.717, 1.165) is 5.69 Å². The average Bonchev–Trinajstić information content (AvgIpc) is 3.40. The lowest BCUT2D eigenvalue weighted by atomic mass is 10.1. The van der Waals surface area contributed by atoms with Crippen molar-refractivity contribution in [3.8, 4) is 16.9 Å². The molecule has 9 heteroatoms. The van der Waals surface area contributed by atoms with Crippen LogP contribution in [0.25, 0.3) is 23.0 Å². The Bertz CT molecular complexity index is 1450. The summed E-state index contributed by atoms with van der Waals surface area (Å²) < 4.78 is 1.67. The van der Waals surface area contributed by atoms with Gasteiger partial charge in [-0.1, -0.05) is 48.5 Å². The fraction of sp³-hybridized carbons (Fsp3) is 0. The molecule has 2 heterocycles. The second-order valence-electron chi connectivity index (χ2n) is 7.48. The number of para-hydroxylation sites is 2. The van der Waals surface area contributed by atoms with Gasteiger partial charge in [-0.05, 0) is 42.6 Å². The Labute approximate surface area is 199 Å². The number of carbonyl (C=O) groups is 1. The Kier molecular flexibility index (Phi) is 5.44. The minimum absolute atomic E-state index is 0.0446. The number of nitrogens with zero attached hydrogens (tertiary/aromatic N) is 4. The third-order valence-electron chi connectivity index (χ3n) is 5.29. The highest BCUT2D eigenvalue weighted by atomic mass is 32.1. The molecule has 166 valence electrons. The normalized spacial score (nSPS) is 14.5. The van der Waals surface area contributed by atoms with Crippen molar-refractivity contribution >= 4 is 40.7 Å². The molecule has 0 bridgehead atoms. The third kappa shape index (κ3) is 3.96. The second kappa shape index (κ2) is 8.72. The molecule has 3 aromatic carbocycles. The Morgan fingerprint density at radius 2 is 1.62 bits per heavy atom. The molecule has 1 amide bonds. The van der Waals surface area contributed by atoms with Gasteiger partial charge in [-0.3, -0.25) is 19.8 Å². The van der Waals surface area contributed by atoms with Crippen LogP contribution in [0.5, 0.6) is 0 Å². The quantitative estimate of drug-likeness (QED) is 0.198. The Balaban J connectivity index is 1.61. The number of benzene rings is 3. The first kappa shape index (κ1) is 21.2. The maximum atomic E-state index is 13.2. The fourth-order valence-electron chi connectivity index (χ4n) is 3.70. The maximum absolute atomic E-state index is 13.2. The van der Waals surface area contributed by atoms with Crippen LogP contribution in [0, 0.1) is 10.1 Å². The molecule has 0 atom stereocenters. The number of nitro benzene ring substituents is 1. The predicted octanol–water partition coefficient (Wildman–Crippen LogP) is 4.71. The highest BCUT2D eigenvalue weighted by Gasteiger charge is 2.32. The van der Waals surface area contributed by atoms with Crippen LogP contribution in [0.2, 0.25) is 0 Å². The van der Waals surface area contributed by atoms with Gasteiger partial charge in [0.05, 0.1) is 16.3 Å². The molecule has 8 nitrogen and oxygen atoms in total. The van der Waals surface area contributed by atoms with Crippen LogP contribution in [-0.4, -0.2) is 25.7 Å². The van der Waals surface area contributed by atoms with Gasteiger partial charge in [0.2, 0.25) is 0 Å². The number of hydrogen-bond donors (Lipinski definition) is 1. The van der Waals surface area contributed by atoms with E-state index in [0.29, 0.717) is 22.5 Å². The molecular formula is C25H17N5O3S. The standard InChI is InChI=1S/C25H17N5O3S/c31-24-22(26-25(34)29(24)20-11-5-2-6-12-20)15-18-16-28(19-9-3-1-4-10-19)27-23(18)17-8-7-13-21(14-17)30(32)33/h1-16H,(H,26,34)/b22-15-. The van der Waals surface area contributed by atoms with Gasteiger partial charge in [-0.25, -0.2) is 4.68 Å². The SMILES string of the molecule is O=C1/C(=C/c2cn(-c3ccccc3)nc2-c2cccc([N+](=O)[O-])c2)NC(=S)N1c1ccccc1. The first-order valence-electron chi connectivity index (χ1n) is 10.3. The molecular weight excluding hydrogens is 450 g/mol. The minimum atomic E-state index is -0.450. The third-order valence-corrected chi connectivity index (χ3v) is 5.57. The first-order chi connectivity index (χ1) is 16.5. The van der Waals surface area contributed by atoms with Crippen molar-refractivity contribution in [3.05, 3.63) is 113 Å². The summed E-state index contributed by atoms with van der Waals surface area (Å²) in [5, 5.41) is 19.3. The van der Waals surface area contributed by atoms with Crippen LogP contribution in [0.15, 0.2) is 96.8 Å². The largest absolute Gasteiger partial charge is 0.327 e. The molecule has 0 aliphatic carbocycles. The van der Waals surface area contributed by atoms with Crippen LogP contribution in [0.1, 0.15) is 5.56 Å². The first-order valence-corrected chi connectivity index (χ1v) is 10.7. The number of hydrogen-bond acceptors (Lipinski definition) is 5. The van der Waals surface area contributed by atoms with Gasteiger partial charge in [0.15, 0.2) is 5.11 Å². The Morgan fingerprint density at radius 1 is 0.941 bits per heavy atom. The summed E-state index contributed by atoms with van der Waals surface area (Å²) in [5.41, 5.74) is 3.38. The van der Waals surface area contributed by atoms with Crippen molar-refractivity contribution < 1.29 is 9.72 Å². The molecule has 0 saturated carbocycles. The molecule has 0 spiro atoms. The van der Waals surface area contributed by atoms with Crippen molar-refractivity contribution in [2.45, 2.75) is 0 Å². The zero-order valence-electron chi connectivity index (χ0n) is 17.7. The van der Waals surface area contributed by atoms with E-state index in [1.807, 2.05) is 48.5 Å². The van der Waals surface area contributed by atoms with E-state index >= 15 is 0 Å². The van der Waals surface area contributed by atoms with E-state index in [-0.39, 0.29) is 22.4 Å². The lowest BCUT2D eigenvalue weighted by Crippen LogP contribution is -2.30. The number of nitro groups is 1. The van der Waals surface area contributed by atoms with Gasteiger partial charge in [-0.2, -0.15) is 5.10 Å². The Morgan fingerprint density at radius 3 is 2.29 bits per heavy atom. The second-order valence-corrected chi connectivity index (χ2v) is 7.87. The topological polar surface area (TPSA) is 93.3 Å². The number of aromatic nitrogens is 2. The van der Waals surface area contributed by atoms with E-state index < -0.39 is 4.92 Å². The van der Waals surface area contributed by atoms with Crippen LogP contribution in [0.3, 0.4) is 0 Å². The van der Waals surface area contributed by atoms with Crippen molar-refractivity contribution in [3.63, 3.8) is 0 Å². The zero-order chi connectivity index (χ0) is 23.7. The molecule has 1 aliphatic rings. The lowest BCUT2D eigenvalue weighted by Gasteiger charge is -2.13. The molecule has 34 heavy (non-hydrogen) atoms. The maximum Gasteiger partial charge on any atom is 0.281 e.